The Morgan fingerprint density at radius 1 is 1.05 bits per heavy atom. The standard InChI is InChI=1S/C25H25BrCl2N4O5S/c1-14(33)29-20-12-31(38(36,37)22-9-6-17(27)11-19(22)28)23-13-30(18-7-8-18)25(35)21(32(23)24(20)34)10-15-2-4-16(26)5-3-15/h2-6,9,11,18,20-21,23H,7-8,10,12-13H2,1H3,(H,29,33). The maximum absolute atomic E-state index is 14.0. The van der Waals surface area contributed by atoms with Gasteiger partial charge in [-0.3, -0.25) is 14.4 Å². The van der Waals surface area contributed by atoms with Gasteiger partial charge in [0, 0.05) is 35.4 Å². The Kier molecular flexibility index (Phi) is 7.51. The first-order valence-electron chi connectivity index (χ1n) is 12.1. The zero-order valence-electron chi connectivity index (χ0n) is 20.3. The second kappa shape index (κ2) is 10.4. The van der Waals surface area contributed by atoms with Crippen LogP contribution in [0.3, 0.4) is 0 Å². The molecule has 2 aromatic carbocycles. The van der Waals surface area contributed by atoms with Crippen LogP contribution in [0.1, 0.15) is 25.3 Å². The Bertz CT molecular complexity index is 1400. The first kappa shape index (κ1) is 27.4. The van der Waals surface area contributed by atoms with E-state index in [1.165, 1.54) is 34.3 Å². The number of hydrogen-bond donors (Lipinski definition) is 1. The molecular weight excluding hydrogens is 619 g/mol. The largest absolute Gasteiger partial charge is 0.343 e. The average molecular weight is 644 g/mol. The molecule has 2 heterocycles. The molecule has 1 aliphatic carbocycles. The van der Waals surface area contributed by atoms with Gasteiger partial charge in [0.25, 0.3) is 0 Å². The summed E-state index contributed by atoms with van der Waals surface area (Å²) < 4.78 is 30.1. The van der Waals surface area contributed by atoms with Crippen LogP contribution in [0.25, 0.3) is 0 Å². The van der Waals surface area contributed by atoms with Crippen LogP contribution in [0.4, 0.5) is 0 Å². The molecule has 3 atom stereocenters. The first-order valence-corrected chi connectivity index (χ1v) is 15.1. The molecule has 202 valence electrons. The minimum Gasteiger partial charge on any atom is -0.343 e. The third kappa shape index (κ3) is 5.19. The van der Waals surface area contributed by atoms with Gasteiger partial charge < -0.3 is 15.1 Å². The molecule has 3 unspecified atom stereocenters. The summed E-state index contributed by atoms with van der Waals surface area (Å²) in [6, 6.07) is 9.36. The predicted molar refractivity (Wildman–Crippen MR) is 145 cm³/mol. The van der Waals surface area contributed by atoms with Gasteiger partial charge in [-0.15, -0.1) is 0 Å². The van der Waals surface area contributed by atoms with Gasteiger partial charge in [0.15, 0.2) is 0 Å². The van der Waals surface area contributed by atoms with Gasteiger partial charge in [-0.2, -0.15) is 4.31 Å². The summed E-state index contributed by atoms with van der Waals surface area (Å²) in [5.41, 5.74) is 0.813. The van der Waals surface area contributed by atoms with Crippen LogP contribution >= 0.6 is 39.1 Å². The number of piperazine rings is 1. The van der Waals surface area contributed by atoms with Crippen LogP contribution < -0.4 is 5.32 Å². The molecule has 3 amide bonds. The number of sulfonamides is 1. The molecule has 0 radical (unpaired) electrons. The summed E-state index contributed by atoms with van der Waals surface area (Å²) in [5, 5.41) is 2.79. The number of carbonyl (C=O) groups excluding carboxylic acids is 3. The molecule has 2 aromatic rings. The molecule has 3 fully saturated rings. The smallest absolute Gasteiger partial charge is 0.248 e. The van der Waals surface area contributed by atoms with Gasteiger partial charge in [0.2, 0.25) is 27.7 Å². The summed E-state index contributed by atoms with van der Waals surface area (Å²) in [4.78, 5) is 42.4. The molecule has 0 bridgehead atoms. The number of benzene rings is 2. The number of halogens is 3. The van der Waals surface area contributed by atoms with Crippen molar-refractivity contribution < 1.29 is 22.8 Å². The van der Waals surface area contributed by atoms with Crippen molar-refractivity contribution in [2.75, 3.05) is 13.1 Å². The van der Waals surface area contributed by atoms with E-state index in [1.807, 2.05) is 24.3 Å². The molecule has 38 heavy (non-hydrogen) atoms. The molecule has 1 N–H and O–H groups in total. The fourth-order valence-corrected chi connectivity index (χ4v) is 7.73. The van der Waals surface area contributed by atoms with Gasteiger partial charge in [-0.25, -0.2) is 8.42 Å². The number of nitrogens with zero attached hydrogens (tertiary/aromatic N) is 3. The number of hydrogen-bond acceptors (Lipinski definition) is 5. The van der Waals surface area contributed by atoms with E-state index in [4.69, 9.17) is 23.2 Å². The average Bonchev–Trinajstić information content (AvgIpc) is 3.68. The molecule has 3 aliphatic rings. The number of rotatable bonds is 6. The Morgan fingerprint density at radius 2 is 1.74 bits per heavy atom. The van der Waals surface area contributed by atoms with E-state index in [0.29, 0.717) is 0 Å². The third-order valence-electron chi connectivity index (χ3n) is 7.02. The lowest BCUT2D eigenvalue weighted by Crippen LogP contribution is -2.76. The van der Waals surface area contributed by atoms with E-state index in [9.17, 15) is 22.8 Å². The Hall–Kier alpha value is -2.18. The zero-order valence-corrected chi connectivity index (χ0v) is 24.2. The van der Waals surface area contributed by atoms with Gasteiger partial charge in [0.05, 0.1) is 11.6 Å². The Morgan fingerprint density at radius 3 is 2.34 bits per heavy atom. The van der Waals surface area contributed by atoms with Crippen molar-refractivity contribution in [2.24, 2.45) is 0 Å². The second-order valence-electron chi connectivity index (χ2n) is 9.70. The van der Waals surface area contributed by atoms with E-state index < -0.39 is 40.1 Å². The second-order valence-corrected chi connectivity index (χ2v) is 13.3. The third-order valence-corrected chi connectivity index (χ3v) is 10.1. The van der Waals surface area contributed by atoms with Gasteiger partial charge in [0.1, 0.15) is 23.1 Å². The molecule has 9 nitrogen and oxygen atoms in total. The number of amides is 3. The zero-order chi connectivity index (χ0) is 27.4. The van der Waals surface area contributed by atoms with Crippen molar-refractivity contribution in [3.05, 3.63) is 62.5 Å². The molecule has 0 aromatic heterocycles. The van der Waals surface area contributed by atoms with E-state index in [-0.39, 0.29) is 46.4 Å². The van der Waals surface area contributed by atoms with Crippen molar-refractivity contribution in [1.82, 2.24) is 19.4 Å². The number of fused-ring (bicyclic) bond motifs is 1. The fourth-order valence-electron chi connectivity index (χ4n) is 5.13. The SMILES string of the molecule is CC(=O)NC1CN(S(=O)(=O)c2ccc(Cl)cc2Cl)C2CN(C3CC3)C(=O)C(Cc3ccc(Br)cc3)N2C1=O. The number of carbonyl (C=O) groups is 3. The van der Waals surface area contributed by atoms with Crippen molar-refractivity contribution >= 4 is 66.9 Å². The van der Waals surface area contributed by atoms with Crippen LogP contribution in [0.2, 0.25) is 10.0 Å². The monoisotopic (exact) mass is 642 g/mol. The topological polar surface area (TPSA) is 107 Å². The molecule has 2 aliphatic heterocycles. The van der Waals surface area contributed by atoms with Crippen molar-refractivity contribution in [1.29, 1.82) is 0 Å². The van der Waals surface area contributed by atoms with Crippen LogP contribution in [0, 0.1) is 0 Å². The molecule has 5 rings (SSSR count). The van der Waals surface area contributed by atoms with Gasteiger partial charge in [-0.05, 0) is 48.7 Å². The maximum Gasteiger partial charge on any atom is 0.248 e. The van der Waals surface area contributed by atoms with Crippen molar-refractivity contribution in [2.45, 2.75) is 55.4 Å². The van der Waals surface area contributed by atoms with E-state index >= 15 is 0 Å². The van der Waals surface area contributed by atoms with Crippen molar-refractivity contribution in [3.8, 4) is 0 Å². The lowest BCUT2D eigenvalue weighted by atomic mass is 9.97. The van der Waals surface area contributed by atoms with Crippen LogP contribution in [0.5, 0.6) is 0 Å². The normalized spacial score (nSPS) is 24.4. The molecule has 13 heteroatoms. The van der Waals surface area contributed by atoms with E-state index in [2.05, 4.69) is 21.2 Å². The maximum atomic E-state index is 14.0. The van der Waals surface area contributed by atoms with Crippen LogP contribution in [-0.4, -0.2) is 77.6 Å². The Labute approximate surface area is 239 Å². The minimum atomic E-state index is -4.27. The summed E-state index contributed by atoms with van der Waals surface area (Å²) >= 11 is 15.7. The summed E-state index contributed by atoms with van der Waals surface area (Å²) in [7, 11) is -4.27. The van der Waals surface area contributed by atoms with Crippen LogP contribution in [0.15, 0.2) is 51.8 Å². The summed E-state index contributed by atoms with van der Waals surface area (Å²) in [6.45, 7) is 0.992. The summed E-state index contributed by atoms with van der Waals surface area (Å²) in [5.74, 6) is -1.22. The minimum absolute atomic E-state index is 0.00362. The predicted octanol–water partition coefficient (Wildman–Crippen LogP) is 3.04. The molecule has 2 saturated heterocycles. The lowest BCUT2D eigenvalue weighted by Gasteiger charge is -2.53. The number of nitrogens with one attached hydrogen (secondary N) is 1. The molecule has 0 spiro atoms. The van der Waals surface area contributed by atoms with E-state index in [0.717, 1.165) is 22.9 Å². The fraction of sp³-hybridized carbons (Fsp3) is 0.400. The van der Waals surface area contributed by atoms with E-state index in [1.54, 1.807) is 4.90 Å². The summed E-state index contributed by atoms with van der Waals surface area (Å²) in [6.07, 6.45) is 0.867. The highest BCUT2D eigenvalue weighted by Gasteiger charge is 2.55. The van der Waals surface area contributed by atoms with Crippen molar-refractivity contribution in [3.63, 3.8) is 0 Å². The van der Waals surface area contributed by atoms with Crippen LogP contribution in [-0.2, 0) is 30.8 Å². The lowest BCUT2D eigenvalue weighted by molar-refractivity contribution is -0.168. The Balaban J connectivity index is 1.60. The van der Waals surface area contributed by atoms with Gasteiger partial charge in [-0.1, -0.05) is 51.3 Å². The quantitative estimate of drug-likeness (QED) is 0.521. The molecular formula is C25H25BrCl2N4O5S. The first-order chi connectivity index (χ1) is 18.0. The highest BCUT2D eigenvalue weighted by molar-refractivity contribution is 9.10. The van der Waals surface area contributed by atoms with Gasteiger partial charge >= 0.3 is 0 Å². The molecule has 1 saturated carbocycles. The highest BCUT2D eigenvalue weighted by Crippen LogP contribution is 2.38. The highest BCUT2D eigenvalue weighted by atomic mass is 79.9.